The van der Waals surface area contributed by atoms with E-state index >= 15 is 0 Å². The number of ether oxygens (including phenoxy) is 1. The molecule has 30 heavy (non-hydrogen) atoms. The lowest BCUT2D eigenvalue weighted by Crippen LogP contribution is -2.25. The zero-order chi connectivity index (χ0) is 21.1. The number of anilines is 1. The highest BCUT2D eigenvalue weighted by Crippen LogP contribution is 2.30. The van der Waals surface area contributed by atoms with Crippen LogP contribution in [0, 0.1) is 12.7 Å². The second-order valence-electron chi connectivity index (χ2n) is 6.61. The van der Waals surface area contributed by atoms with Gasteiger partial charge in [0, 0.05) is 5.56 Å². The average Bonchev–Trinajstić information content (AvgIpc) is 3.17. The Kier molecular flexibility index (Phi) is 5.54. The van der Waals surface area contributed by atoms with Gasteiger partial charge in [0.15, 0.2) is 0 Å². The van der Waals surface area contributed by atoms with Crippen molar-refractivity contribution in [1.82, 2.24) is 4.98 Å². The molecule has 0 saturated carbocycles. The van der Waals surface area contributed by atoms with E-state index in [0.29, 0.717) is 5.13 Å². The molecule has 3 aromatic carbocycles. The fraction of sp³-hybridized carbons (Fsp3) is 0.0870. The van der Waals surface area contributed by atoms with E-state index in [1.54, 1.807) is 31.5 Å². The van der Waals surface area contributed by atoms with Crippen molar-refractivity contribution in [2.75, 3.05) is 12.1 Å². The molecule has 1 aromatic heterocycles. The van der Waals surface area contributed by atoms with E-state index in [4.69, 9.17) is 4.74 Å². The van der Waals surface area contributed by atoms with E-state index in [-0.39, 0.29) is 5.56 Å². The normalized spacial score (nSPS) is 11.2. The second kappa shape index (κ2) is 8.42. The minimum absolute atomic E-state index is 0.192. The monoisotopic (exact) mass is 419 g/mol. The number of halogens is 1. The van der Waals surface area contributed by atoms with Gasteiger partial charge in [0.05, 0.1) is 23.5 Å². The minimum atomic E-state index is -0.486. The maximum absolute atomic E-state index is 13.7. The number of amides is 1. The summed E-state index contributed by atoms with van der Waals surface area (Å²) < 4.78 is 19.8. The van der Waals surface area contributed by atoms with Gasteiger partial charge in [-0.15, -0.1) is 0 Å². The number of carbonyl (C=O) groups excluding carboxylic acids is 1. The molecule has 7 heteroatoms. The quantitative estimate of drug-likeness (QED) is 0.320. The number of fused-ring (bicyclic) bond motifs is 1. The highest BCUT2D eigenvalue weighted by molar-refractivity contribution is 7.22. The molecule has 0 atom stereocenters. The third-order valence-corrected chi connectivity index (χ3v) is 5.41. The molecule has 0 radical (unpaired) electrons. The molecule has 0 N–H and O–H groups in total. The number of hydrogen-bond donors (Lipinski definition) is 0. The van der Waals surface area contributed by atoms with Crippen LogP contribution in [-0.2, 0) is 0 Å². The van der Waals surface area contributed by atoms with Crippen molar-refractivity contribution in [1.29, 1.82) is 0 Å². The number of nitrogens with zero attached hydrogens (tertiary/aromatic N) is 3. The highest BCUT2D eigenvalue weighted by atomic mass is 32.1. The van der Waals surface area contributed by atoms with Gasteiger partial charge in [0.1, 0.15) is 11.6 Å². The smallest absolute Gasteiger partial charge is 0.280 e. The molecular formula is C23H18FN3O2S. The Hall–Kier alpha value is -3.58. The maximum Gasteiger partial charge on any atom is 0.280 e. The first-order valence-corrected chi connectivity index (χ1v) is 10.0. The number of carbonyl (C=O) groups is 1. The first-order valence-electron chi connectivity index (χ1n) is 9.19. The predicted octanol–water partition coefficient (Wildman–Crippen LogP) is 5.43. The second-order valence-corrected chi connectivity index (χ2v) is 7.62. The number of benzene rings is 3. The lowest BCUT2D eigenvalue weighted by Gasteiger charge is -2.14. The third-order valence-electron chi connectivity index (χ3n) is 4.42. The summed E-state index contributed by atoms with van der Waals surface area (Å²) >= 11 is 1.35. The van der Waals surface area contributed by atoms with Crippen molar-refractivity contribution in [2.45, 2.75) is 6.92 Å². The van der Waals surface area contributed by atoms with E-state index in [2.05, 4.69) is 10.1 Å². The van der Waals surface area contributed by atoms with Crippen LogP contribution in [0.4, 0.5) is 9.52 Å². The van der Waals surface area contributed by atoms with Crippen LogP contribution in [-0.4, -0.2) is 24.2 Å². The van der Waals surface area contributed by atoms with Gasteiger partial charge < -0.3 is 4.74 Å². The van der Waals surface area contributed by atoms with Gasteiger partial charge >= 0.3 is 0 Å². The van der Waals surface area contributed by atoms with Crippen molar-refractivity contribution >= 4 is 38.8 Å². The molecule has 0 saturated heterocycles. The maximum atomic E-state index is 13.7. The molecule has 5 nitrogen and oxygen atoms in total. The van der Waals surface area contributed by atoms with E-state index in [0.717, 1.165) is 27.1 Å². The molecule has 0 unspecified atom stereocenters. The first kappa shape index (κ1) is 19.7. The number of methoxy groups -OCH3 is 1. The summed E-state index contributed by atoms with van der Waals surface area (Å²) in [5.41, 5.74) is 2.85. The Morgan fingerprint density at radius 1 is 1.13 bits per heavy atom. The van der Waals surface area contributed by atoms with Gasteiger partial charge in [0.25, 0.3) is 5.91 Å². The van der Waals surface area contributed by atoms with Crippen LogP contribution >= 0.6 is 11.3 Å². The zero-order valence-corrected chi connectivity index (χ0v) is 17.2. The van der Waals surface area contributed by atoms with Gasteiger partial charge in [-0.1, -0.05) is 23.5 Å². The van der Waals surface area contributed by atoms with E-state index in [1.807, 2.05) is 37.3 Å². The topological polar surface area (TPSA) is 54.8 Å². The van der Waals surface area contributed by atoms with Crippen molar-refractivity contribution in [2.24, 2.45) is 5.10 Å². The Morgan fingerprint density at radius 3 is 2.67 bits per heavy atom. The number of rotatable bonds is 5. The summed E-state index contributed by atoms with van der Waals surface area (Å²) in [6.45, 7) is 2.00. The van der Waals surface area contributed by atoms with Gasteiger partial charge in [-0.2, -0.15) is 10.1 Å². The van der Waals surface area contributed by atoms with Crippen molar-refractivity contribution in [3.05, 3.63) is 89.2 Å². The molecular weight excluding hydrogens is 401 g/mol. The highest BCUT2D eigenvalue weighted by Gasteiger charge is 2.21. The Bertz CT molecular complexity index is 1230. The van der Waals surface area contributed by atoms with Crippen LogP contribution in [0.15, 0.2) is 71.8 Å². The number of hydrogen-bond acceptors (Lipinski definition) is 5. The molecule has 150 valence electrons. The van der Waals surface area contributed by atoms with Gasteiger partial charge in [0.2, 0.25) is 5.13 Å². The molecule has 4 rings (SSSR count). The fourth-order valence-electron chi connectivity index (χ4n) is 2.86. The number of aryl methyl sites for hydroxylation is 1. The molecule has 1 heterocycles. The standard InChI is InChI=1S/C23H18FN3O2S/c1-15-6-11-20-21(12-15)30-23(26-20)27(22(28)17-4-3-5-18(24)13-17)25-14-16-7-9-19(29-2)10-8-16/h3-14H,1-2H3/b25-14+. The SMILES string of the molecule is COc1ccc(/C=N/N(C(=O)c2cccc(F)c2)c2nc3ccc(C)cc3s2)cc1. The van der Waals surface area contributed by atoms with Crippen molar-refractivity contribution in [3.63, 3.8) is 0 Å². The average molecular weight is 419 g/mol. The summed E-state index contributed by atoms with van der Waals surface area (Å²) in [5.74, 6) is -0.226. The van der Waals surface area contributed by atoms with Crippen LogP contribution in [0.3, 0.4) is 0 Å². The van der Waals surface area contributed by atoms with E-state index in [9.17, 15) is 9.18 Å². The Balaban J connectivity index is 1.74. The van der Waals surface area contributed by atoms with Crippen LogP contribution < -0.4 is 9.75 Å². The minimum Gasteiger partial charge on any atom is -0.497 e. The van der Waals surface area contributed by atoms with Crippen LogP contribution in [0.25, 0.3) is 10.2 Å². The summed E-state index contributed by atoms with van der Waals surface area (Å²) in [6.07, 6.45) is 1.56. The fourth-order valence-corrected chi connectivity index (χ4v) is 3.88. The van der Waals surface area contributed by atoms with Gasteiger partial charge in [-0.25, -0.2) is 9.37 Å². The number of aromatic nitrogens is 1. The molecule has 0 aliphatic rings. The van der Waals surface area contributed by atoms with Gasteiger partial charge in [-0.05, 0) is 72.6 Å². The molecule has 1 amide bonds. The zero-order valence-electron chi connectivity index (χ0n) is 16.4. The summed E-state index contributed by atoms with van der Waals surface area (Å²) in [6, 6.07) is 18.7. The molecule has 0 fully saturated rings. The molecule has 0 bridgehead atoms. The molecule has 0 aliphatic carbocycles. The third kappa shape index (κ3) is 4.21. The first-order chi connectivity index (χ1) is 14.5. The van der Waals surface area contributed by atoms with Crippen LogP contribution in [0.2, 0.25) is 0 Å². The Morgan fingerprint density at radius 2 is 1.93 bits per heavy atom. The lowest BCUT2D eigenvalue weighted by atomic mass is 10.2. The summed E-state index contributed by atoms with van der Waals surface area (Å²) in [5, 5.41) is 6.01. The van der Waals surface area contributed by atoms with Crippen LogP contribution in [0.1, 0.15) is 21.5 Å². The number of thiazole rings is 1. The lowest BCUT2D eigenvalue weighted by molar-refractivity contribution is 0.0987. The van der Waals surface area contributed by atoms with Gasteiger partial charge in [-0.3, -0.25) is 4.79 Å². The predicted molar refractivity (Wildman–Crippen MR) is 118 cm³/mol. The van der Waals surface area contributed by atoms with Crippen molar-refractivity contribution in [3.8, 4) is 5.75 Å². The molecule has 4 aromatic rings. The Labute approximate surface area is 177 Å². The van der Waals surface area contributed by atoms with E-state index < -0.39 is 11.7 Å². The summed E-state index contributed by atoms with van der Waals surface area (Å²) in [4.78, 5) is 17.7. The molecule has 0 spiro atoms. The number of hydrazone groups is 1. The largest absolute Gasteiger partial charge is 0.497 e. The van der Waals surface area contributed by atoms with E-state index in [1.165, 1.54) is 34.5 Å². The molecule has 0 aliphatic heterocycles. The van der Waals surface area contributed by atoms with Crippen LogP contribution in [0.5, 0.6) is 5.75 Å². The van der Waals surface area contributed by atoms with Crippen molar-refractivity contribution < 1.29 is 13.9 Å². The summed E-state index contributed by atoms with van der Waals surface area (Å²) in [7, 11) is 1.59.